The van der Waals surface area contributed by atoms with Crippen LogP contribution in [0.4, 0.5) is 11.4 Å². The predicted octanol–water partition coefficient (Wildman–Crippen LogP) is 7.68. The molecule has 3 aliphatic rings. The van der Waals surface area contributed by atoms with E-state index >= 15 is 0 Å². The molecule has 0 bridgehead atoms. The molecule has 1 fully saturated rings. The van der Waals surface area contributed by atoms with Crippen LogP contribution in [0, 0.1) is 0 Å². The smallest absolute Gasteiger partial charge is 0.251 e. The third kappa shape index (κ3) is 12.1. The van der Waals surface area contributed by atoms with Crippen LogP contribution in [0.1, 0.15) is 63.5 Å². The van der Waals surface area contributed by atoms with Crippen molar-refractivity contribution < 1.29 is 38.2 Å². The van der Waals surface area contributed by atoms with Crippen molar-refractivity contribution in [1.82, 2.24) is 31.1 Å². The number of methoxy groups -OCH3 is 2. The first-order valence-electron chi connectivity index (χ1n) is 25.8. The van der Waals surface area contributed by atoms with Gasteiger partial charge < -0.3 is 50.3 Å². The number of likely N-dealkylation sites (N-methyl/N-ethyl adjacent to an activating group) is 2. The molecule has 2 heterocycles. The van der Waals surface area contributed by atoms with Crippen molar-refractivity contribution in [2.24, 2.45) is 0 Å². The van der Waals surface area contributed by atoms with Gasteiger partial charge in [0.15, 0.2) is 0 Å². The lowest BCUT2D eigenvalue weighted by Gasteiger charge is -2.37. The number of para-hydroxylation sites is 2. The summed E-state index contributed by atoms with van der Waals surface area (Å²) in [6.07, 6.45) is 10.3. The molecule has 76 heavy (non-hydrogen) atoms. The van der Waals surface area contributed by atoms with E-state index in [0.717, 1.165) is 41.6 Å². The van der Waals surface area contributed by atoms with Gasteiger partial charge in [-0.1, -0.05) is 105 Å². The SMILES string of the molecule is CN[C@@H](C)C(=O)NC1CN(C(=O)CCCCCCC(=O)N2CC(NC(=O)[C@H](C)NC)C(=O)N(Cc3c(OC)ccc4cc(Br)ccc34)C3C=CC=CC32)c2ccccc2N(Cc2c(OC)ccc3cc(Br)ccc23)C1=O. The van der Waals surface area contributed by atoms with Crippen LogP contribution in [0.5, 0.6) is 11.5 Å². The van der Waals surface area contributed by atoms with Crippen LogP contribution in [0.3, 0.4) is 0 Å². The summed E-state index contributed by atoms with van der Waals surface area (Å²) in [5.41, 5.74) is 2.66. The van der Waals surface area contributed by atoms with Crippen LogP contribution in [-0.2, 0) is 41.9 Å². The maximum absolute atomic E-state index is 14.9. The summed E-state index contributed by atoms with van der Waals surface area (Å²) in [7, 11) is 6.53. The van der Waals surface area contributed by atoms with E-state index in [-0.39, 0.29) is 74.5 Å². The number of ether oxygens (including phenoxy) is 2. The molecule has 4 N–H and O–H groups in total. The molecule has 400 valence electrons. The second-order valence-corrected chi connectivity index (χ2v) is 21.3. The molecule has 5 aromatic rings. The van der Waals surface area contributed by atoms with Gasteiger partial charge in [-0.15, -0.1) is 0 Å². The van der Waals surface area contributed by atoms with Gasteiger partial charge in [-0.2, -0.15) is 0 Å². The van der Waals surface area contributed by atoms with Gasteiger partial charge in [-0.3, -0.25) is 28.8 Å². The van der Waals surface area contributed by atoms with Crippen molar-refractivity contribution in [2.45, 2.75) is 102 Å². The second kappa shape index (κ2) is 25.0. The number of carbonyl (C=O) groups is 6. The molecule has 4 unspecified atom stereocenters. The molecule has 8 rings (SSSR count). The number of allylic oxidation sites excluding steroid dienone is 2. The van der Waals surface area contributed by atoms with Gasteiger partial charge in [0.25, 0.3) is 5.91 Å². The number of fused-ring (bicyclic) bond motifs is 4. The maximum atomic E-state index is 14.9. The molecule has 0 radical (unpaired) electrons. The molecule has 0 aromatic heterocycles. The van der Waals surface area contributed by atoms with E-state index in [4.69, 9.17) is 9.47 Å². The van der Waals surface area contributed by atoms with Crippen molar-refractivity contribution in [3.63, 3.8) is 0 Å². The van der Waals surface area contributed by atoms with Gasteiger partial charge >= 0.3 is 0 Å². The first kappa shape index (κ1) is 55.6. The van der Waals surface area contributed by atoms with Crippen molar-refractivity contribution in [3.05, 3.63) is 129 Å². The Morgan fingerprint density at radius 1 is 0.618 bits per heavy atom. The van der Waals surface area contributed by atoms with E-state index in [1.807, 2.05) is 109 Å². The summed E-state index contributed by atoms with van der Waals surface area (Å²) in [5.74, 6) is -0.569. The third-order valence-corrected chi connectivity index (χ3v) is 15.8. The van der Waals surface area contributed by atoms with Gasteiger partial charge in [0.05, 0.1) is 75.9 Å². The van der Waals surface area contributed by atoms with E-state index in [1.165, 1.54) is 0 Å². The number of unbranched alkanes of at least 4 members (excludes halogenated alkanes) is 3. The van der Waals surface area contributed by atoms with Gasteiger partial charge in [-0.05, 0) is 111 Å². The van der Waals surface area contributed by atoms with E-state index in [0.29, 0.717) is 48.6 Å². The Bertz CT molecular complexity index is 3080. The Balaban J connectivity index is 0.973. The fourth-order valence-electron chi connectivity index (χ4n) is 10.3. The van der Waals surface area contributed by atoms with Gasteiger partial charge in [0, 0.05) is 32.9 Å². The number of amides is 6. The number of halogens is 2. The van der Waals surface area contributed by atoms with Gasteiger partial charge in [0.2, 0.25) is 29.5 Å². The highest BCUT2D eigenvalue weighted by molar-refractivity contribution is 9.10. The van der Waals surface area contributed by atoms with E-state index < -0.39 is 36.3 Å². The number of carbonyl (C=O) groups excluding carboxylic acids is 6. The van der Waals surface area contributed by atoms with Crippen molar-refractivity contribution >= 4 is 100 Å². The number of rotatable bonds is 19. The zero-order chi connectivity index (χ0) is 54.2. The average Bonchev–Trinajstić information content (AvgIpc) is 3.61. The summed E-state index contributed by atoms with van der Waals surface area (Å²) in [4.78, 5) is 92.3. The quantitative estimate of drug-likeness (QED) is 0.0599. The molecular formula is C58H66Br2N8O8. The molecule has 2 aliphatic heterocycles. The van der Waals surface area contributed by atoms with E-state index in [9.17, 15) is 28.8 Å². The molecular weight excluding hydrogens is 1100 g/mol. The fraction of sp³-hybridized carbons (Fsp3) is 0.379. The fourth-order valence-corrected chi connectivity index (χ4v) is 11.1. The van der Waals surface area contributed by atoms with Gasteiger partial charge in [-0.25, -0.2) is 0 Å². The molecule has 1 saturated heterocycles. The normalized spacial score (nSPS) is 19.2. The summed E-state index contributed by atoms with van der Waals surface area (Å²) >= 11 is 7.15. The number of anilines is 2. The molecule has 0 saturated carbocycles. The Morgan fingerprint density at radius 2 is 1.13 bits per heavy atom. The summed E-state index contributed by atoms with van der Waals surface area (Å²) in [5, 5.41) is 15.5. The molecule has 6 amide bonds. The molecule has 6 atom stereocenters. The number of hydrogen-bond donors (Lipinski definition) is 4. The zero-order valence-electron chi connectivity index (χ0n) is 43.7. The van der Waals surface area contributed by atoms with Crippen molar-refractivity contribution in [2.75, 3.05) is 51.2 Å². The molecule has 5 aromatic carbocycles. The Kier molecular flexibility index (Phi) is 18.3. The van der Waals surface area contributed by atoms with Crippen LogP contribution >= 0.6 is 31.9 Å². The molecule has 0 spiro atoms. The highest BCUT2D eigenvalue weighted by Crippen LogP contribution is 2.39. The Hall–Kier alpha value is -6.60. The van der Waals surface area contributed by atoms with Crippen LogP contribution in [0.2, 0.25) is 0 Å². The van der Waals surface area contributed by atoms with E-state index in [2.05, 4.69) is 53.1 Å². The average molecular weight is 1160 g/mol. The Morgan fingerprint density at radius 3 is 1.68 bits per heavy atom. The minimum absolute atomic E-state index is 0.0240. The maximum Gasteiger partial charge on any atom is 0.251 e. The predicted molar refractivity (Wildman–Crippen MR) is 303 cm³/mol. The second-order valence-electron chi connectivity index (χ2n) is 19.5. The zero-order valence-corrected chi connectivity index (χ0v) is 46.9. The minimum Gasteiger partial charge on any atom is -0.496 e. The molecule has 16 nitrogen and oxygen atoms in total. The largest absolute Gasteiger partial charge is 0.496 e. The van der Waals surface area contributed by atoms with Crippen LogP contribution < -0.4 is 40.5 Å². The number of nitrogens with zero attached hydrogens (tertiary/aromatic N) is 4. The number of benzene rings is 5. The van der Waals surface area contributed by atoms with Gasteiger partial charge in [0.1, 0.15) is 23.6 Å². The summed E-state index contributed by atoms with van der Waals surface area (Å²) < 4.78 is 13.5. The summed E-state index contributed by atoms with van der Waals surface area (Å²) in [6, 6.07) is 22.5. The highest BCUT2D eigenvalue weighted by Gasteiger charge is 2.44. The minimum atomic E-state index is -1.07. The molecule has 18 heteroatoms. The first-order valence-corrected chi connectivity index (χ1v) is 27.4. The van der Waals surface area contributed by atoms with Crippen molar-refractivity contribution in [1.29, 1.82) is 0 Å². The monoisotopic (exact) mass is 1160 g/mol. The number of hydrogen-bond acceptors (Lipinski definition) is 10. The highest BCUT2D eigenvalue weighted by atomic mass is 79.9. The lowest BCUT2D eigenvalue weighted by atomic mass is 9.97. The van der Waals surface area contributed by atoms with Crippen LogP contribution in [-0.4, -0.2) is 123 Å². The molecule has 1 aliphatic carbocycles. The lowest BCUT2D eigenvalue weighted by molar-refractivity contribution is -0.137. The summed E-state index contributed by atoms with van der Waals surface area (Å²) in [6.45, 7) is 3.59. The van der Waals surface area contributed by atoms with Crippen LogP contribution in [0.15, 0.2) is 118 Å². The first-order chi connectivity index (χ1) is 36.6. The third-order valence-electron chi connectivity index (χ3n) is 14.8. The number of nitrogens with one attached hydrogen (secondary N) is 4. The standard InChI is InChI=1S/C58H66Br2N8O8/c1-35(61-3)55(71)63-45-33-65(47-15-11-13-17-49(47)67(57(45)73)31-43-41-25-23-39(59)29-37(41)21-27-51(43)75-5)53(69)19-9-7-8-10-20-54(70)66-34-46(64-56(72)36(2)62-4)58(74)68(50-18-14-12-16-48(50)66)32-44-42-26-24-40(60)30-38(42)22-28-52(44)76-6/h11-18,21-30,35-36,45-47,49,61-62H,7-10,19-20,31-34H2,1-6H3,(H,63,71)(H,64,72)/t35-,36-,45?,46?,47?,49?/m0/s1. The van der Waals surface area contributed by atoms with E-state index in [1.54, 1.807) is 61.8 Å². The Labute approximate surface area is 460 Å². The lowest BCUT2D eigenvalue weighted by Crippen LogP contribution is -2.55. The van der Waals surface area contributed by atoms with Crippen molar-refractivity contribution in [3.8, 4) is 11.5 Å². The topological polar surface area (TPSA) is 182 Å². The van der Waals surface area contributed by atoms with Crippen LogP contribution in [0.25, 0.3) is 21.5 Å².